The predicted octanol–water partition coefficient (Wildman–Crippen LogP) is 0.141. The standard InChI is InChI=1S/C16H30N4O2/c1-3-18(4-2)16(22)14-6-5-10-19(14)11-7-15(21)20-12-8-17-9-13-20/h14,17H,3-13H2,1-2H3. The molecule has 0 bridgehead atoms. The van der Waals surface area contributed by atoms with Gasteiger partial charge in [0, 0.05) is 52.2 Å². The third-order valence-electron chi connectivity index (χ3n) is 4.81. The van der Waals surface area contributed by atoms with Crippen molar-refractivity contribution in [1.29, 1.82) is 0 Å². The highest BCUT2D eigenvalue weighted by Crippen LogP contribution is 2.20. The first kappa shape index (κ1) is 17.2. The minimum absolute atomic E-state index is 0.0178. The third kappa shape index (κ3) is 4.20. The maximum absolute atomic E-state index is 12.5. The summed E-state index contributed by atoms with van der Waals surface area (Å²) in [5.74, 6) is 0.458. The van der Waals surface area contributed by atoms with Gasteiger partial charge in [0.1, 0.15) is 0 Å². The van der Waals surface area contributed by atoms with Crippen LogP contribution in [0.1, 0.15) is 33.1 Å². The van der Waals surface area contributed by atoms with Gasteiger partial charge >= 0.3 is 0 Å². The van der Waals surface area contributed by atoms with Gasteiger partial charge in [0.2, 0.25) is 11.8 Å². The third-order valence-corrected chi connectivity index (χ3v) is 4.81. The molecule has 1 atom stereocenters. The molecule has 0 aromatic heterocycles. The first-order valence-corrected chi connectivity index (χ1v) is 8.68. The quantitative estimate of drug-likeness (QED) is 0.758. The Kier molecular flexibility index (Phi) is 6.64. The molecular formula is C16H30N4O2. The lowest BCUT2D eigenvalue weighted by Crippen LogP contribution is -2.48. The SMILES string of the molecule is CCN(CC)C(=O)C1CCCN1CCC(=O)N1CCNCC1. The number of nitrogens with one attached hydrogen (secondary N) is 1. The predicted molar refractivity (Wildman–Crippen MR) is 86.6 cm³/mol. The van der Waals surface area contributed by atoms with E-state index in [0.29, 0.717) is 13.0 Å². The van der Waals surface area contributed by atoms with Crippen molar-refractivity contribution in [2.75, 3.05) is 52.4 Å². The van der Waals surface area contributed by atoms with E-state index >= 15 is 0 Å². The minimum atomic E-state index is -0.0178. The van der Waals surface area contributed by atoms with E-state index in [1.54, 1.807) is 0 Å². The van der Waals surface area contributed by atoms with Crippen LogP contribution in [0.5, 0.6) is 0 Å². The highest BCUT2D eigenvalue weighted by atomic mass is 16.2. The van der Waals surface area contributed by atoms with Crippen LogP contribution in [0.2, 0.25) is 0 Å². The van der Waals surface area contributed by atoms with Crippen molar-refractivity contribution < 1.29 is 9.59 Å². The number of amides is 2. The molecule has 0 aliphatic carbocycles. The number of likely N-dealkylation sites (tertiary alicyclic amines) is 1. The fraction of sp³-hybridized carbons (Fsp3) is 0.875. The average molecular weight is 310 g/mol. The lowest BCUT2D eigenvalue weighted by molar-refractivity contribution is -0.137. The summed E-state index contributed by atoms with van der Waals surface area (Å²) < 4.78 is 0. The van der Waals surface area contributed by atoms with Crippen molar-refractivity contribution >= 4 is 11.8 Å². The lowest BCUT2D eigenvalue weighted by atomic mass is 10.2. The molecule has 0 spiro atoms. The summed E-state index contributed by atoms with van der Waals surface area (Å²) in [7, 11) is 0. The van der Waals surface area contributed by atoms with Gasteiger partial charge < -0.3 is 15.1 Å². The monoisotopic (exact) mass is 310 g/mol. The van der Waals surface area contributed by atoms with Crippen LogP contribution in [0.15, 0.2) is 0 Å². The second-order valence-electron chi connectivity index (χ2n) is 6.09. The number of carbonyl (C=O) groups is 2. The molecule has 1 N–H and O–H groups in total. The molecule has 0 aromatic rings. The molecule has 2 heterocycles. The van der Waals surface area contributed by atoms with Crippen LogP contribution in [0.25, 0.3) is 0 Å². The normalized spacial score (nSPS) is 22.8. The molecule has 126 valence electrons. The van der Waals surface area contributed by atoms with Gasteiger partial charge in [0.05, 0.1) is 6.04 Å². The Bertz CT molecular complexity index is 378. The van der Waals surface area contributed by atoms with E-state index in [-0.39, 0.29) is 17.9 Å². The van der Waals surface area contributed by atoms with Crippen molar-refractivity contribution in [1.82, 2.24) is 20.0 Å². The zero-order valence-electron chi connectivity index (χ0n) is 14.0. The summed E-state index contributed by atoms with van der Waals surface area (Å²) in [5, 5.41) is 3.26. The highest BCUT2D eigenvalue weighted by molar-refractivity contribution is 5.82. The second-order valence-corrected chi connectivity index (χ2v) is 6.09. The van der Waals surface area contributed by atoms with Crippen LogP contribution in [0.4, 0.5) is 0 Å². The largest absolute Gasteiger partial charge is 0.342 e. The fourth-order valence-corrected chi connectivity index (χ4v) is 3.43. The summed E-state index contributed by atoms with van der Waals surface area (Å²) in [6.45, 7) is 10.6. The Labute approximate surface area is 133 Å². The number of hydrogen-bond donors (Lipinski definition) is 1. The number of nitrogens with zero attached hydrogens (tertiary/aromatic N) is 3. The van der Waals surface area contributed by atoms with Crippen LogP contribution in [0.3, 0.4) is 0 Å². The van der Waals surface area contributed by atoms with Gasteiger partial charge in [-0.05, 0) is 33.2 Å². The Morgan fingerprint density at radius 3 is 2.45 bits per heavy atom. The first-order chi connectivity index (χ1) is 10.7. The maximum atomic E-state index is 12.5. The van der Waals surface area contributed by atoms with Crippen LogP contribution in [0, 0.1) is 0 Å². The second kappa shape index (κ2) is 8.48. The van der Waals surface area contributed by atoms with E-state index in [1.165, 1.54) is 0 Å². The van der Waals surface area contributed by atoms with Gasteiger partial charge in [-0.3, -0.25) is 14.5 Å². The molecule has 2 saturated heterocycles. The van der Waals surface area contributed by atoms with Gasteiger partial charge in [-0.1, -0.05) is 0 Å². The molecule has 6 nitrogen and oxygen atoms in total. The van der Waals surface area contributed by atoms with E-state index < -0.39 is 0 Å². The number of piperazine rings is 1. The van der Waals surface area contributed by atoms with Gasteiger partial charge in [0.25, 0.3) is 0 Å². The van der Waals surface area contributed by atoms with E-state index in [2.05, 4.69) is 10.2 Å². The average Bonchev–Trinajstić information content (AvgIpc) is 3.03. The number of hydrogen-bond acceptors (Lipinski definition) is 4. The highest BCUT2D eigenvalue weighted by Gasteiger charge is 2.33. The summed E-state index contributed by atoms with van der Waals surface area (Å²) in [6.07, 6.45) is 2.51. The molecule has 2 amide bonds. The number of likely N-dealkylation sites (N-methyl/N-ethyl adjacent to an activating group) is 1. The lowest BCUT2D eigenvalue weighted by Gasteiger charge is -2.30. The Hall–Kier alpha value is -1.14. The molecule has 2 fully saturated rings. The topological polar surface area (TPSA) is 55.9 Å². The first-order valence-electron chi connectivity index (χ1n) is 8.68. The van der Waals surface area contributed by atoms with Crippen molar-refractivity contribution in [3.8, 4) is 0 Å². The zero-order chi connectivity index (χ0) is 15.9. The van der Waals surface area contributed by atoms with Crippen molar-refractivity contribution in [2.24, 2.45) is 0 Å². The number of carbonyl (C=O) groups excluding carboxylic acids is 2. The Morgan fingerprint density at radius 2 is 1.82 bits per heavy atom. The molecule has 0 aromatic carbocycles. The molecule has 0 saturated carbocycles. The van der Waals surface area contributed by atoms with E-state index in [0.717, 1.165) is 58.7 Å². The van der Waals surface area contributed by atoms with Crippen LogP contribution >= 0.6 is 0 Å². The van der Waals surface area contributed by atoms with Gasteiger partial charge in [-0.2, -0.15) is 0 Å². The van der Waals surface area contributed by atoms with E-state index in [1.807, 2.05) is 23.6 Å². The molecule has 1 unspecified atom stereocenters. The summed E-state index contributed by atoms with van der Waals surface area (Å²) >= 11 is 0. The molecule has 6 heteroatoms. The van der Waals surface area contributed by atoms with Crippen LogP contribution in [-0.4, -0.2) is 84.9 Å². The summed E-state index contributed by atoms with van der Waals surface area (Å²) in [4.78, 5) is 30.8. The molecular weight excluding hydrogens is 280 g/mol. The minimum Gasteiger partial charge on any atom is -0.342 e. The van der Waals surface area contributed by atoms with Crippen molar-refractivity contribution in [3.63, 3.8) is 0 Å². The molecule has 0 radical (unpaired) electrons. The maximum Gasteiger partial charge on any atom is 0.239 e. The molecule has 22 heavy (non-hydrogen) atoms. The van der Waals surface area contributed by atoms with Crippen LogP contribution < -0.4 is 5.32 Å². The summed E-state index contributed by atoms with van der Waals surface area (Å²) in [5.41, 5.74) is 0. The Balaban J connectivity index is 1.83. The Morgan fingerprint density at radius 1 is 1.14 bits per heavy atom. The molecule has 2 aliphatic rings. The van der Waals surface area contributed by atoms with Gasteiger partial charge in [0.15, 0.2) is 0 Å². The van der Waals surface area contributed by atoms with Crippen molar-refractivity contribution in [3.05, 3.63) is 0 Å². The van der Waals surface area contributed by atoms with E-state index in [9.17, 15) is 9.59 Å². The van der Waals surface area contributed by atoms with Crippen LogP contribution in [-0.2, 0) is 9.59 Å². The zero-order valence-corrected chi connectivity index (χ0v) is 14.0. The van der Waals surface area contributed by atoms with Crippen molar-refractivity contribution in [2.45, 2.75) is 39.2 Å². The van der Waals surface area contributed by atoms with Gasteiger partial charge in [-0.15, -0.1) is 0 Å². The molecule has 2 aliphatic heterocycles. The fourth-order valence-electron chi connectivity index (χ4n) is 3.43. The number of rotatable bonds is 6. The van der Waals surface area contributed by atoms with Gasteiger partial charge in [-0.25, -0.2) is 0 Å². The van der Waals surface area contributed by atoms with E-state index in [4.69, 9.17) is 0 Å². The molecule has 2 rings (SSSR count). The summed E-state index contributed by atoms with van der Waals surface area (Å²) in [6, 6.07) is -0.0178. The smallest absolute Gasteiger partial charge is 0.239 e.